The smallest absolute Gasteiger partial charge is 0.416 e. The Kier molecular flexibility index (Phi) is 5.89. The maximum atomic E-state index is 13.6. The van der Waals surface area contributed by atoms with Crippen LogP contribution < -0.4 is 0 Å². The lowest BCUT2D eigenvalue weighted by atomic mass is 10.0. The number of aromatic nitrogens is 2. The number of hydrogen-bond acceptors (Lipinski definition) is 2. The molecule has 0 aliphatic rings. The van der Waals surface area contributed by atoms with Gasteiger partial charge >= 0.3 is 12.1 Å². The van der Waals surface area contributed by atoms with Crippen LogP contribution in [0, 0.1) is 0 Å². The van der Waals surface area contributed by atoms with E-state index in [0.29, 0.717) is 22.4 Å². The molecule has 0 aliphatic heterocycles. The van der Waals surface area contributed by atoms with E-state index in [4.69, 9.17) is 0 Å². The third kappa shape index (κ3) is 4.78. The van der Waals surface area contributed by atoms with E-state index in [2.05, 4.69) is 4.98 Å². The first-order valence-electron chi connectivity index (χ1n) is 10.3. The molecule has 4 aromatic rings. The quantitative estimate of drug-likeness (QED) is 0.325. The van der Waals surface area contributed by atoms with E-state index in [-0.39, 0.29) is 29.7 Å². The van der Waals surface area contributed by atoms with Crippen LogP contribution in [0.15, 0.2) is 66.7 Å². The fraction of sp³-hybridized carbons (Fsp3) is 0.200. The highest BCUT2D eigenvalue weighted by Gasteiger charge is 2.33. The highest BCUT2D eigenvalue weighted by atomic mass is 19.4. The van der Waals surface area contributed by atoms with Gasteiger partial charge in [-0.05, 0) is 35.4 Å². The van der Waals surface area contributed by atoms with Crippen molar-refractivity contribution in [3.8, 4) is 0 Å². The zero-order valence-electron chi connectivity index (χ0n) is 17.9. The van der Waals surface area contributed by atoms with Crippen molar-refractivity contribution in [2.75, 3.05) is 0 Å². The summed E-state index contributed by atoms with van der Waals surface area (Å²) in [6.45, 7) is 0.638. The van der Waals surface area contributed by atoms with E-state index < -0.39 is 23.6 Å². The molecule has 0 unspecified atom stereocenters. The van der Waals surface area contributed by atoms with E-state index in [1.807, 2.05) is 0 Å². The van der Waals surface area contributed by atoms with Crippen molar-refractivity contribution in [1.29, 1.82) is 0 Å². The summed E-state index contributed by atoms with van der Waals surface area (Å²) < 4.78 is 69.4. The molecule has 0 amide bonds. The molecule has 0 spiro atoms. The Hall–Kier alpha value is -3.75. The van der Waals surface area contributed by atoms with Gasteiger partial charge in [-0.25, -0.2) is 18.6 Å². The predicted molar refractivity (Wildman–Crippen MR) is 116 cm³/mol. The van der Waals surface area contributed by atoms with Crippen LogP contribution in [-0.4, -0.2) is 20.6 Å². The van der Waals surface area contributed by atoms with Gasteiger partial charge in [0.2, 0.25) is 0 Å². The third-order valence-electron chi connectivity index (χ3n) is 5.55. The van der Waals surface area contributed by atoms with Crippen molar-refractivity contribution in [2.45, 2.75) is 32.0 Å². The maximum absolute atomic E-state index is 13.6. The summed E-state index contributed by atoms with van der Waals surface area (Å²) in [6, 6.07) is 15.0. The Morgan fingerprint density at radius 3 is 2.26 bits per heavy atom. The minimum absolute atomic E-state index is 0.00563. The third-order valence-corrected chi connectivity index (χ3v) is 5.55. The fourth-order valence-electron chi connectivity index (χ4n) is 3.83. The van der Waals surface area contributed by atoms with Crippen molar-refractivity contribution in [3.05, 3.63) is 100 Å². The Balaban J connectivity index is 1.80. The van der Waals surface area contributed by atoms with E-state index in [9.17, 15) is 31.9 Å². The van der Waals surface area contributed by atoms with Crippen molar-refractivity contribution < 1.29 is 31.9 Å². The molecule has 0 aliphatic carbocycles. The monoisotopic (exact) mass is 474 g/mol. The van der Waals surface area contributed by atoms with Crippen molar-refractivity contribution in [2.24, 2.45) is 0 Å². The SMILES string of the molecule is CC(F)(F)c1ccc(Cc2nc3cc(C(=O)O)ccc3n2Cc2ccccc2C(F)(F)F)cc1. The predicted octanol–water partition coefficient (Wildman–Crippen LogP) is 6.50. The molecule has 4 rings (SSSR count). The standard InChI is InChI=1S/C25H19F5N2O2/c1-24(26,27)18-9-6-15(7-10-18)12-22-31-20-13-16(23(33)34)8-11-21(20)32(22)14-17-4-2-3-5-19(17)25(28,29)30/h2-11,13H,12,14H2,1H3,(H,33,34). The summed E-state index contributed by atoms with van der Waals surface area (Å²) in [7, 11) is 0. The molecule has 0 atom stereocenters. The number of hydrogen-bond donors (Lipinski definition) is 1. The van der Waals surface area contributed by atoms with Crippen LogP contribution in [0.5, 0.6) is 0 Å². The zero-order valence-corrected chi connectivity index (χ0v) is 17.9. The maximum Gasteiger partial charge on any atom is 0.416 e. The second-order valence-electron chi connectivity index (χ2n) is 8.04. The summed E-state index contributed by atoms with van der Waals surface area (Å²) in [4.78, 5) is 15.8. The molecule has 0 saturated carbocycles. The lowest BCUT2D eigenvalue weighted by Gasteiger charge is -2.16. The van der Waals surface area contributed by atoms with Gasteiger partial charge in [-0.15, -0.1) is 0 Å². The van der Waals surface area contributed by atoms with Gasteiger partial charge in [-0.3, -0.25) is 0 Å². The summed E-state index contributed by atoms with van der Waals surface area (Å²) in [5.41, 5.74) is 0.499. The van der Waals surface area contributed by atoms with E-state index >= 15 is 0 Å². The molecule has 0 radical (unpaired) electrons. The van der Waals surface area contributed by atoms with Gasteiger partial charge in [0.05, 0.1) is 22.2 Å². The van der Waals surface area contributed by atoms with E-state index in [0.717, 1.165) is 13.0 Å². The first-order valence-corrected chi connectivity index (χ1v) is 10.3. The van der Waals surface area contributed by atoms with Gasteiger partial charge in [-0.1, -0.05) is 42.5 Å². The van der Waals surface area contributed by atoms with Crippen LogP contribution in [-0.2, 0) is 25.1 Å². The number of nitrogens with zero attached hydrogens (tertiary/aromatic N) is 2. The van der Waals surface area contributed by atoms with Crippen LogP contribution in [0.3, 0.4) is 0 Å². The molecule has 1 heterocycles. The number of halogens is 5. The molecule has 34 heavy (non-hydrogen) atoms. The number of alkyl halides is 5. The molecule has 4 nitrogen and oxygen atoms in total. The molecule has 0 fully saturated rings. The van der Waals surface area contributed by atoms with E-state index in [1.54, 1.807) is 4.57 Å². The Morgan fingerprint density at radius 1 is 0.971 bits per heavy atom. The minimum Gasteiger partial charge on any atom is -0.478 e. The first kappa shape index (κ1) is 23.4. The van der Waals surface area contributed by atoms with Gasteiger partial charge in [-0.2, -0.15) is 13.2 Å². The molecule has 9 heteroatoms. The van der Waals surface area contributed by atoms with Crippen LogP contribution in [0.25, 0.3) is 11.0 Å². The Bertz CT molecular complexity index is 1350. The fourth-order valence-corrected chi connectivity index (χ4v) is 3.83. The van der Waals surface area contributed by atoms with Gasteiger partial charge < -0.3 is 9.67 Å². The van der Waals surface area contributed by atoms with Crippen LogP contribution in [0.2, 0.25) is 0 Å². The van der Waals surface area contributed by atoms with Gasteiger partial charge in [0.1, 0.15) is 5.82 Å². The van der Waals surface area contributed by atoms with E-state index in [1.165, 1.54) is 60.7 Å². The average molecular weight is 474 g/mol. The molecule has 1 N–H and O–H groups in total. The molecule has 0 saturated heterocycles. The van der Waals surface area contributed by atoms with Gasteiger partial charge in [0.25, 0.3) is 5.92 Å². The minimum atomic E-state index is -4.55. The second kappa shape index (κ2) is 8.55. The summed E-state index contributed by atoms with van der Waals surface area (Å²) in [6.07, 6.45) is -4.40. The van der Waals surface area contributed by atoms with Crippen LogP contribution in [0.4, 0.5) is 22.0 Å². The molecular formula is C25H19F5N2O2. The Labute approximate surface area is 191 Å². The number of carbonyl (C=O) groups is 1. The highest BCUT2D eigenvalue weighted by Crippen LogP contribution is 2.33. The number of benzene rings is 3. The van der Waals surface area contributed by atoms with Crippen LogP contribution >= 0.6 is 0 Å². The number of carboxylic acids is 1. The van der Waals surface area contributed by atoms with Gasteiger partial charge in [0.15, 0.2) is 0 Å². The summed E-state index contributed by atoms with van der Waals surface area (Å²) >= 11 is 0. The van der Waals surface area contributed by atoms with Crippen molar-refractivity contribution in [1.82, 2.24) is 9.55 Å². The number of rotatable bonds is 6. The first-order chi connectivity index (χ1) is 15.9. The Morgan fingerprint density at radius 2 is 1.65 bits per heavy atom. The normalized spacial score (nSPS) is 12.3. The summed E-state index contributed by atoms with van der Waals surface area (Å²) in [5.74, 6) is -3.78. The number of carboxylic acid groups (broad SMARTS) is 1. The number of fused-ring (bicyclic) bond motifs is 1. The highest BCUT2D eigenvalue weighted by molar-refractivity contribution is 5.92. The molecule has 0 bridgehead atoms. The van der Waals surface area contributed by atoms with Crippen LogP contribution in [0.1, 0.15) is 45.4 Å². The molecule has 176 valence electrons. The van der Waals surface area contributed by atoms with Crippen molar-refractivity contribution >= 4 is 17.0 Å². The summed E-state index contributed by atoms with van der Waals surface area (Å²) in [5, 5.41) is 9.29. The molecule has 1 aromatic heterocycles. The zero-order chi connectivity index (χ0) is 24.7. The van der Waals surface area contributed by atoms with Gasteiger partial charge in [0, 0.05) is 25.5 Å². The second-order valence-corrected chi connectivity index (χ2v) is 8.04. The van der Waals surface area contributed by atoms with Crippen molar-refractivity contribution in [3.63, 3.8) is 0 Å². The lowest BCUT2D eigenvalue weighted by molar-refractivity contribution is -0.138. The average Bonchev–Trinajstić information content (AvgIpc) is 3.09. The molecule has 3 aromatic carbocycles. The lowest BCUT2D eigenvalue weighted by Crippen LogP contribution is -2.13. The number of aromatic carboxylic acids is 1. The molecular weight excluding hydrogens is 455 g/mol. The number of imidazole rings is 1. The topological polar surface area (TPSA) is 55.1 Å². The largest absolute Gasteiger partial charge is 0.478 e.